The molecule has 35 heavy (non-hydrogen) atoms. The molecule has 4 rings (SSSR count). The molecule has 1 aliphatic rings. The van der Waals surface area contributed by atoms with E-state index in [1.54, 1.807) is 31.8 Å². The lowest BCUT2D eigenvalue weighted by molar-refractivity contribution is 0.102. The van der Waals surface area contributed by atoms with E-state index in [0.717, 1.165) is 45.6 Å². The van der Waals surface area contributed by atoms with E-state index in [1.807, 2.05) is 42.5 Å². The number of fused-ring (bicyclic) bond motifs is 1. The number of benzene rings is 2. The molecule has 0 fully saturated rings. The van der Waals surface area contributed by atoms with Crippen molar-refractivity contribution < 1.29 is 14.3 Å². The fourth-order valence-electron chi connectivity index (χ4n) is 4.50. The predicted molar refractivity (Wildman–Crippen MR) is 148 cm³/mol. The summed E-state index contributed by atoms with van der Waals surface area (Å²) in [4.78, 5) is 19.6. The number of hydrogen-bond donors (Lipinski definition) is 1. The standard InChI is InChI=1S/C28H31BrN2O3S/c1-28(2,3)18-11-12-20-23(15-18)35-27(24(20)26(32)31-19-9-7-6-8-10-19)30-16-17-13-21(29)25(34-5)22(14-17)33-4/h6-10,13-14,16,18H,11-12,15H2,1-5H3,(H,31,32)/t18-/m1/s1. The summed E-state index contributed by atoms with van der Waals surface area (Å²) in [5.74, 6) is 1.72. The molecule has 3 aromatic rings. The first-order valence-corrected chi connectivity index (χ1v) is 13.3. The van der Waals surface area contributed by atoms with Gasteiger partial charge in [-0.2, -0.15) is 0 Å². The van der Waals surface area contributed by atoms with Gasteiger partial charge in [-0.05, 0) is 81.9 Å². The van der Waals surface area contributed by atoms with Gasteiger partial charge in [0, 0.05) is 16.8 Å². The SMILES string of the molecule is COc1cc(C=Nc2sc3c(c2C(=O)Nc2ccccc2)CC[C@@H](C(C)(C)C)C3)cc(Br)c1OC. The maximum atomic E-state index is 13.5. The van der Waals surface area contributed by atoms with Gasteiger partial charge >= 0.3 is 0 Å². The third-order valence-corrected chi connectivity index (χ3v) is 8.27. The molecule has 0 saturated heterocycles. The molecule has 0 unspecified atom stereocenters. The minimum absolute atomic E-state index is 0.108. The van der Waals surface area contributed by atoms with Gasteiger partial charge < -0.3 is 14.8 Å². The van der Waals surface area contributed by atoms with Crippen molar-refractivity contribution in [3.63, 3.8) is 0 Å². The lowest BCUT2D eigenvalue weighted by Crippen LogP contribution is -2.27. The minimum Gasteiger partial charge on any atom is -0.493 e. The highest BCUT2D eigenvalue weighted by Crippen LogP contribution is 2.45. The van der Waals surface area contributed by atoms with E-state index in [1.165, 1.54) is 4.88 Å². The molecule has 0 spiro atoms. The number of methoxy groups -OCH3 is 2. The Hall–Kier alpha value is -2.64. The van der Waals surface area contributed by atoms with Crippen LogP contribution in [0.15, 0.2) is 51.9 Å². The molecule has 1 atom stereocenters. The zero-order valence-electron chi connectivity index (χ0n) is 20.8. The second-order valence-electron chi connectivity index (χ2n) is 9.81. The largest absolute Gasteiger partial charge is 0.493 e. The highest BCUT2D eigenvalue weighted by molar-refractivity contribution is 9.10. The summed E-state index contributed by atoms with van der Waals surface area (Å²) in [5.41, 5.74) is 3.69. The lowest BCUT2D eigenvalue weighted by atomic mass is 9.72. The Balaban J connectivity index is 1.72. The van der Waals surface area contributed by atoms with E-state index in [2.05, 4.69) is 42.0 Å². The fourth-order valence-corrected chi connectivity index (χ4v) is 6.39. The normalized spacial score (nSPS) is 15.7. The number of nitrogens with zero attached hydrogens (tertiary/aromatic N) is 1. The van der Waals surface area contributed by atoms with Gasteiger partial charge in [0.2, 0.25) is 0 Å². The third-order valence-electron chi connectivity index (χ3n) is 6.52. The number of rotatable bonds is 6. The summed E-state index contributed by atoms with van der Waals surface area (Å²) in [5, 5.41) is 3.81. The van der Waals surface area contributed by atoms with Crippen LogP contribution >= 0.6 is 27.3 Å². The zero-order chi connectivity index (χ0) is 25.2. The number of hydrogen-bond acceptors (Lipinski definition) is 5. The summed E-state index contributed by atoms with van der Waals surface area (Å²) < 4.78 is 11.7. The van der Waals surface area contributed by atoms with Crippen molar-refractivity contribution in [1.82, 2.24) is 0 Å². The van der Waals surface area contributed by atoms with Crippen LogP contribution in [0.3, 0.4) is 0 Å². The Morgan fingerprint density at radius 3 is 2.57 bits per heavy atom. The smallest absolute Gasteiger partial charge is 0.259 e. The predicted octanol–water partition coefficient (Wildman–Crippen LogP) is 7.68. The van der Waals surface area contributed by atoms with Crippen molar-refractivity contribution in [2.45, 2.75) is 40.0 Å². The van der Waals surface area contributed by atoms with Gasteiger partial charge in [-0.15, -0.1) is 11.3 Å². The van der Waals surface area contributed by atoms with E-state index in [0.29, 0.717) is 23.0 Å². The highest BCUT2D eigenvalue weighted by Gasteiger charge is 2.33. The van der Waals surface area contributed by atoms with Crippen LogP contribution in [0.1, 0.15) is 53.6 Å². The van der Waals surface area contributed by atoms with Gasteiger partial charge in [-0.3, -0.25) is 4.79 Å². The molecule has 5 nitrogen and oxygen atoms in total. The van der Waals surface area contributed by atoms with Crippen LogP contribution < -0.4 is 14.8 Å². The highest BCUT2D eigenvalue weighted by atomic mass is 79.9. The molecular weight excluding hydrogens is 524 g/mol. The number of thiophene rings is 1. The molecule has 2 aromatic carbocycles. The summed E-state index contributed by atoms with van der Waals surface area (Å²) >= 11 is 5.18. The van der Waals surface area contributed by atoms with E-state index in [4.69, 9.17) is 14.5 Å². The van der Waals surface area contributed by atoms with E-state index < -0.39 is 0 Å². The van der Waals surface area contributed by atoms with Crippen LogP contribution in [0, 0.1) is 11.3 Å². The second-order valence-corrected chi connectivity index (χ2v) is 11.7. The van der Waals surface area contributed by atoms with Gasteiger partial charge in [-0.25, -0.2) is 4.99 Å². The molecular formula is C28H31BrN2O3S. The molecule has 0 aliphatic heterocycles. The summed E-state index contributed by atoms with van der Waals surface area (Å²) in [7, 11) is 3.21. The van der Waals surface area contributed by atoms with Crippen molar-refractivity contribution in [1.29, 1.82) is 0 Å². The maximum absolute atomic E-state index is 13.5. The molecule has 1 N–H and O–H groups in total. The first kappa shape index (κ1) is 25.5. The number of carbonyl (C=O) groups is 1. The topological polar surface area (TPSA) is 59.9 Å². The Kier molecular flexibility index (Phi) is 7.67. The maximum Gasteiger partial charge on any atom is 0.259 e. The quantitative estimate of drug-likeness (QED) is 0.318. The number of nitrogens with one attached hydrogen (secondary N) is 1. The van der Waals surface area contributed by atoms with Crippen molar-refractivity contribution in [3.05, 3.63) is 68.5 Å². The molecule has 7 heteroatoms. The number of anilines is 1. The third kappa shape index (κ3) is 5.62. The van der Waals surface area contributed by atoms with Gasteiger partial charge in [0.05, 0.1) is 24.3 Å². The van der Waals surface area contributed by atoms with Crippen molar-refractivity contribution in [3.8, 4) is 11.5 Å². The minimum atomic E-state index is -0.108. The van der Waals surface area contributed by atoms with Crippen molar-refractivity contribution >= 4 is 50.1 Å². The second kappa shape index (κ2) is 10.5. The molecule has 1 aromatic heterocycles. The van der Waals surface area contributed by atoms with E-state index in [9.17, 15) is 4.79 Å². The summed E-state index contributed by atoms with van der Waals surface area (Å²) in [6.07, 6.45) is 4.73. The number of aliphatic imine (C=N–C) groups is 1. The van der Waals surface area contributed by atoms with Gasteiger partial charge in [0.15, 0.2) is 11.5 Å². The first-order chi connectivity index (χ1) is 16.7. The number of halogens is 1. The molecule has 1 amide bonds. The van der Waals surface area contributed by atoms with Crippen LogP contribution in [0.25, 0.3) is 0 Å². The number of amides is 1. The average Bonchev–Trinajstić information content (AvgIpc) is 3.20. The fraction of sp³-hybridized carbons (Fsp3) is 0.357. The zero-order valence-corrected chi connectivity index (χ0v) is 23.2. The molecule has 184 valence electrons. The van der Waals surface area contributed by atoms with Crippen LogP contribution in [0.5, 0.6) is 11.5 Å². The monoisotopic (exact) mass is 554 g/mol. The van der Waals surface area contributed by atoms with E-state index in [-0.39, 0.29) is 11.3 Å². The first-order valence-electron chi connectivity index (χ1n) is 11.7. The van der Waals surface area contributed by atoms with Gasteiger partial charge in [0.1, 0.15) is 5.00 Å². The van der Waals surface area contributed by atoms with Crippen molar-refractivity contribution in [2.24, 2.45) is 16.3 Å². The molecule has 1 aliphatic carbocycles. The van der Waals surface area contributed by atoms with E-state index >= 15 is 0 Å². The van der Waals surface area contributed by atoms with Gasteiger partial charge in [-0.1, -0.05) is 39.0 Å². The Morgan fingerprint density at radius 1 is 1.17 bits per heavy atom. The average molecular weight is 556 g/mol. The molecule has 0 bridgehead atoms. The Bertz CT molecular complexity index is 1250. The number of para-hydroxylation sites is 1. The molecule has 1 heterocycles. The summed E-state index contributed by atoms with van der Waals surface area (Å²) in [6.45, 7) is 6.90. The van der Waals surface area contributed by atoms with Crippen LogP contribution in [0.2, 0.25) is 0 Å². The van der Waals surface area contributed by atoms with Gasteiger partial charge in [0.25, 0.3) is 5.91 Å². The number of carbonyl (C=O) groups excluding carboxylic acids is 1. The number of ether oxygens (including phenoxy) is 2. The molecule has 0 radical (unpaired) electrons. The molecule has 0 saturated carbocycles. The van der Waals surface area contributed by atoms with Crippen LogP contribution in [-0.2, 0) is 12.8 Å². The van der Waals surface area contributed by atoms with Crippen molar-refractivity contribution in [2.75, 3.05) is 19.5 Å². The summed E-state index contributed by atoms with van der Waals surface area (Å²) in [6, 6.07) is 13.4. The van der Waals surface area contributed by atoms with Crippen LogP contribution in [0.4, 0.5) is 10.7 Å². The lowest BCUT2D eigenvalue weighted by Gasteiger charge is -2.33. The van der Waals surface area contributed by atoms with Crippen LogP contribution in [-0.4, -0.2) is 26.3 Å². The Morgan fingerprint density at radius 2 is 1.91 bits per heavy atom. The Labute approximate surface area is 219 Å².